The second-order valence-corrected chi connectivity index (χ2v) is 6.40. The summed E-state index contributed by atoms with van der Waals surface area (Å²) in [4.78, 5) is 26.1. The number of ether oxygens (including phenoxy) is 1. The van der Waals surface area contributed by atoms with Crippen molar-refractivity contribution in [2.75, 3.05) is 32.8 Å². The highest BCUT2D eigenvalue weighted by atomic mass is 19.1. The summed E-state index contributed by atoms with van der Waals surface area (Å²) in [6, 6.07) is 5.76. The molecule has 0 spiro atoms. The number of nitrogens with zero attached hydrogens (tertiary/aromatic N) is 1. The third-order valence-corrected chi connectivity index (χ3v) is 4.15. The van der Waals surface area contributed by atoms with Crippen LogP contribution < -0.4 is 10.6 Å². The lowest BCUT2D eigenvalue weighted by atomic mass is 10.1. The number of carbonyl (C=O) groups excluding carboxylic acids is 2. The van der Waals surface area contributed by atoms with Gasteiger partial charge in [-0.3, -0.25) is 14.5 Å². The zero-order chi connectivity index (χ0) is 18.2. The van der Waals surface area contributed by atoms with Gasteiger partial charge in [0.2, 0.25) is 5.91 Å². The lowest BCUT2D eigenvalue weighted by Gasteiger charge is -2.35. The van der Waals surface area contributed by atoms with Gasteiger partial charge < -0.3 is 15.4 Å². The number of rotatable bonds is 7. The monoisotopic (exact) mass is 351 g/mol. The fraction of sp³-hybridized carbons (Fsp3) is 0.556. The van der Waals surface area contributed by atoms with Gasteiger partial charge in [0, 0.05) is 37.8 Å². The first kappa shape index (κ1) is 19.3. The molecule has 1 atom stereocenters. The molecule has 1 aliphatic rings. The van der Waals surface area contributed by atoms with Crippen LogP contribution in [0.1, 0.15) is 30.6 Å². The SMILES string of the molecule is CC(C)N1CCO[C@@H](CC(=O)NCCNC(=O)c2ccc(F)cc2)C1. The van der Waals surface area contributed by atoms with Gasteiger partial charge in [0.05, 0.1) is 19.1 Å². The molecule has 2 N–H and O–H groups in total. The van der Waals surface area contributed by atoms with E-state index >= 15 is 0 Å². The van der Waals surface area contributed by atoms with Crippen LogP contribution in [0.15, 0.2) is 24.3 Å². The Bertz CT molecular complexity index is 577. The smallest absolute Gasteiger partial charge is 0.251 e. The van der Waals surface area contributed by atoms with Gasteiger partial charge in [0.25, 0.3) is 5.91 Å². The van der Waals surface area contributed by atoms with Crippen LogP contribution in [0.3, 0.4) is 0 Å². The number of benzene rings is 1. The largest absolute Gasteiger partial charge is 0.375 e. The molecule has 2 amide bonds. The molecule has 1 aromatic carbocycles. The average molecular weight is 351 g/mol. The minimum Gasteiger partial charge on any atom is -0.375 e. The van der Waals surface area contributed by atoms with Crippen LogP contribution in [0.5, 0.6) is 0 Å². The van der Waals surface area contributed by atoms with Crippen LogP contribution in [0.4, 0.5) is 4.39 Å². The molecule has 7 heteroatoms. The standard InChI is InChI=1S/C18H26FN3O3/c1-13(2)22-9-10-25-16(12-22)11-17(23)20-7-8-21-18(24)14-3-5-15(19)6-4-14/h3-6,13,16H,7-12H2,1-2H3,(H,20,23)(H,21,24)/t16-/m0/s1. The molecule has 2 rings (SSSR count). The molecule has 6 nitrogen and oxygen atoms in total. The van der Waals surface area contributed by atoms with Crippen molar-refractivity contribution in [2.45, 2.75) is 32.4 Å². The van der Waals surface area contributed by atoms with E-state index in [2.05, 4.69) is 29.4 Å². The quantitative estimate of drug-likeness (QED) is 0.724. The number of carbonyl (C=O) groups is 2. The minimum absolute atomic E-state index is 0.0911. The number of hydrogen-bond acceptors (Lipinski definition) is 4. The Balaban J connectivity index is 1.63. The summed E-state index contributed by atoms with van der Waals surface area (Å²) in [6.45, 7) is 7.21. The van der Waals surface area contributed by atoms with E-state index in [1.165, 1.54) is 24.3 Å². The molecule has 25 heavy (non-hydrogen) atoms. The van der Waals surface area contributed by atoms with Crippen molar-refractivity contribution in [1.82, 2.24) is 15.5 Å². The van der Waals surface area contributed by atoms with Gasteiger partial charge in [0.15, 0.2) is 0 Å². The molecule has 0 aromatic heterocycles. The van der Waals surface area contributed by atoms with Gasteiger partial charge in [-0.25, -0.2) is 4.39 Å². The Morgan fingerprint density at radius 3 is 2.60 bits per heavy atom. The third-order valence-electron chi connectivity index (χ3n) is 4.15. The predicted molar refractivity (Wildman–Crippen MR) is 92.8 cm³/mol. The van der Waals surface area contributed by atoms with Gasteiger partial charge in [-0.1, -0.05) is 0 Å². The van der Waals surface area contributed by atoms with E-state index in [4.69, 9.17) is 4.74 Å². The van der Waals surface area contributed by atoms with Crippen molar-refractivity contribution >= 4 is 11.8 Å². The van der Waals surface area contributed by atoms with Crippen molar-refractivity contribution in [3.63, 3.8) is 0 Å². The van der Waals surface area contributed by atoms with Gasteiger partial charge >= 0.3 is 0 Å². The Morgan fingerprint density at radius 1 is 1.24 bits per heavy atom. The molecule has 0 bridgehead atoms. The van der Waals surface area contributed by atoms with Crippen molar-refractivity contribution in [3.05, 3.63) is 35.6 Å². The molecule has 1 fully saturated rings. The fourth-order valence-electron chi connectivity index (χ4n) is 2.69. The summed E-state index contributed by atoms with van der Waals surface area (Å²) < 4.78 is 18.5. The average Bonchev–Trinajstić information content (AvgIpc) is 2.59. The van der Waals surface area contributed by atoms with Crippen molar-refractivity contribution in [3.8, 4) is 0 Å². The first-order valence-electron chi connectivity index (χ1n) is 8.62. The summed E-state index contributed by atoms with van der Waals surface area (Å²) in [6.07, 6.45) is 0.222. The van der Waals surface area contributed by atoms with Crippen LogP contribution >= 0.6 is 0 Å². The normalized spacial score (nSPS) is 18.2. The van der Waals surface area contributed by atoms with Crippen molar-refractivity contribution in [2.24, 2.45) is 0 Å². The molecule has 1 aliphatic heterocycles. The summed E-state index contributed by atoms with van der Waals surface area (Å²) >= 11 is 0. The second kappa shape index (κ2) is 9.48. The highest BCUT2D eigenvalue weighted by Gasteiger charge is 2.24. The number of amides is 2. The minimum atomic E-state index is -0.384. The number of nitrogens with one attached hydrogen (secondary N) is 2. The van der Waals surface area contributed by atoms with Gasteiger partial charge in [-0.05, 0) is 38.1 Å². The maximum absolute atomic E-state index is 12.8. The topological polar surface area (TPSA) is 70.7 Å². The first-order valence-corrected chi connectivity index (χ1v) is 8.62. The summed E-state index contributed by atoms with van der Waals surface area (Å²) in [5.74, 6) is -0.770. The van der Waals surface area contributed by atoms with Crippen LogP contribution in [-0.4, -0.2) is 61.6 Å². The molecule has 0 unspecified atom stereocenters. The Morgan fingerprint density at radius 2 is 1.92 bits per heavy atom. The molecule has 0 saturated carbocycles. The van der Waals surface area contributed by atoms with Crippen LogP contribution in [0.2, 0.25) is 0 Å². The molecule has 1 saturated heterocycles. The van der Waals surface area contributed by atoms with Gasteiger partial charge in [0.1, 0.15) is 5.82 Å². The first-order chi connectivity index (χ1) is 12.0. The van der Waals surface area contributed by atoms with Crippen molar-refractivity contribution in [1.29, 1.82) is 0 Å². The Kier molecular flexibility index (Phi) is 7.33. The van der Waals surface area contributed by atoms with Crippen LogP contribution in [0, 0.1) is 5.82 Å². The highest BCUT2D eigenvalue weighted by Crippen LogP contribution is 2.11. The molecule has 1 heterocycles. The second-order valence-electron chi connectivity index (χ2n) is 6.40. The third kappa shape index (κ3) is 6.43. The van der Waals surface area contributed by atoms with E-state index in [0.717, 1.165) is 13.1 Å². The summed E-state index contributed by atoms with van der Waals surface area (Å²) in [7, 11) is 0. The van der Waals surface area contributed by atoms with E-state index in [1.54, 1.807) is 0 Å². The molecular formula is C18H26FN3O3. The fourth-order valence-corrected chi connectivity index (χ4v) is 2.69. The lowest BCUT2D eigenvalue weighted by molar-refractivity contribution is -0.126. The van der Waals surface area contributed by atoms with E-state index in [0.29, 0.717) is 37.7 Å². The number of hydrogen-bond donors (Lipinski definition) is 2. The lowest BCUT2D eigenvalue weighted by Crippen LogP contribution is -2.47. The summed E-state index contributed by atoms with van der Waals surface area (Å²) in [5.41, 5.74) is 0.386. The molecule has 1 aromatic rings. The Hall–Kier alpha value is -1.99. The maximum Gasteiger partial charge on any atom is 0.251 e. The van der Waals surface area contributed by atoms with Crippen LogP contribution in [0.25, 0.3) is 0 Å². The zero-order valence-corrected chi connectivity index (χ0v) is 14.8. The molecule has 0 aliphatic carbocycles. The molecule has 0 radical (unpaired) electrons. The predicted octanol–water partition coefficient (Wildman–Crippen LogP) is 1.17. The number of halogens is 1. The van der Waals surface area contributed by atoms with E-state index < -0.39 is 0 Å². The van der Waals surface area contributed by atoms with Crippen molar-refractivity contribution < 1.29 is 18.7 Å². The van der Waals surface area contributed by atoms with Gasteiger partial charge in [-0.2, -0.15) is 0 Å². The Labute approximate surface area is 147 Å². The van der Waals surface area contributed by atoms with Gasteiger partial charge in [-0.15, -0.1) is 0 Å². The summed E-state index contributed by atoms with van der Waals surface area (Å²) in [5, 5.41) is 5.46. The molecular weight excluding hydrogens is 325 g/mol. The van der Waals surface area contributed by atoms with E-state index in [-0.39, 0.29) is 23.7 Å². The van der Waals surface area contributed by atoms with E-state index in [1.807, 2.05) is 0 Å². The highest BCUT2D eigenvalue weighted by molar-refractivity contribution is 5.94. The number of morpholine rings is 1. The van der Waals surface area contributed by atoms with Crippen LogP contribution in [-0.2, 0) is 9.53 Å². The maximum atomic E-state index is 12.8. The molecule has 138 valence electrons. The van der Waals surface area contributed by atoms with E-state index in [9.17, 15) is 14.0 Å². The zero-order valence-electron chi connectivity index (χ0n) is 14.8.